The highest BCUT2D eigenvalue weighted by Crippen LogP contribution is 2.23. The van der Waals surface area contributed by atoms with Crippen LogP contribution in [0.1, 0.15) is 29.8 Å². The van der Waals surface area contributed by atoms with Gasteiger partial charge in [-0.25, -0.2) is 13.1 Å². The van der Waals surface area contributed by atoms with Crippen LogP contribution in [0.25, 0.3) is 0 Å². The SMILES string of the molecule is CC(C)NS(=O)(=O)c1ccc(Cl)c(C(=O)N(C)Cc2ccc(OC(F)F)cc2)c1. The first kappa shape index (κ1) is 23.1. The predicted octanol–water partition coefficient (Wildman–Crippen LogP) is 3.90. The molecule has 10 heteroatoms. The molecule has 1 N–H and O–H groups in total. The number of amides is 1. The van der Waals surface area contributed by atoms with Crippen molar-refractivity contribution in [2.45, 2.75) is 37.9 Å². The van der Waals surface area contributed by atoms with Crippen LogP contribution in [-0.4, -0.2) is 38.9 Å². The molecule has 0 radical (unpaired) electrons. The van der Waals surface area contributed by atoms with E-state index in [2.05, 4.69) is 9.46 Å². The Hall–Kier alpha value is -2.23. The van der Waals surface area contributed by atoms with E-state index in [-0.39, 0.29) is 33.8 Å². The lowest BCUT2D eigenvalue weighted by atomic mass is 10.1. The maximum Gasteiger partial charge on any atom is 0.387 e. The fourth-order valence-electron chi connectivity index (χ4n) is 2.54. The van der Waals surface area contributed by atoms with Gasteiger partial charge in [0.15, 0.2) is 0 Å². The standard InChI is InChI=1S/C19H21ClF2N2O4S/c1-12(2)23-29(26,27)15-8-9-17(20)16(10-15)18(25)24(3)11-13-4-6-14(7-5-13)28-19(21)22/h4-10,12,19,23H,11H2,1-3H3. The number of carbonyl (C=O) groups excluding carboxylic acids is 1. The second kappa shape index (κ2) is 9.51. The summed E-state index contributed by atoms with van der Waals surface area (Å²) in [6, 6.07) is 9.45. The van der Waals surface area contributed by atoms with Crippen LogP contribution in [0.3, 0.4) is 0 Å². The summed E-state index contributed by atoms with van der Waals surface area (Å²) in [4.78, 5) is 14.1. The number of nitrogens with one attached hydrogen (secondary N) is 1. The minimum absolute atomic E-state index is 0.0105. The molecule has 0 spiro atoms. The Morgan fingerprint density at radius 3 is 2.34 bits per heavy atom. The van der Waals surface area contributed by atoms with Crippen LogP contribution in [0, 0.1) is 0 Å². The van der Waals surface area contributed by atoms with Gasteiger partial charge in [0.1, 0.15) is 5.75 Å². The molecular formula is C19H21ClF2N2O4S. The van der Waals surface area contributed by atoms with Gasteiger partial charge in [-0.05, 0) is 49.7 Å². The summed E-state index contributed by atoms with van der Waals surface area (Å²) in [6.07, 6.45) is 0. The number of benzene rings is 2. The molecule has 0 aliphatic rings. The van der Waals surface area contributed by atoms with E-state index in [9.17, 15) is 22.0 Å². The van der Waals surface area contributed by atoms with Crippen molar-refractivity contribution in [1.29, 1.82) is 0 Å². The van der Waals surface area contributed by atoms with Gasteiger partial charge in [0.2, 0.25) is 10.0 Å². The van der Waals surface area contributed by atoms with Crippen LogP contribution < -0.4 is 9.46 Å². The number of hydrogen-bond donors (Lipinski definition) is 1. The molecule has 29 heavy (non-hydrogen) atoms. The molecule has 0 heterocycles. The van der Waals surface area contributed by atoms with Crippen molar-refractivity contribution in [3.63, 3.8) is 0 Å². The summed E-state index contributed by atoms with van der Waals surface area (Å²) in [5, 5.41) is 0.117. The largest absolute Gasteiger partial charge is 0.435 e. The van der Waals surface area contributed by atoms with Crippen molar-refractivity contribution in [3.8, 4) is 5.75 Å². The lowest BCUT2D eigenvalue weighted by molar-refractivity contribution is -0.0498. The third kappa shape index (κ3) is 6.38. The Morgan fingerprint density at radius 1 is 1.17 bits per heavy atom. The summed E-state index contributed by atoms with van der Waals surface area (Å²) in [7, 11) is -2.26. The minimum atomic E-state index is -3.79. The van der Waals surface area contributed by atoms with Crippen molar-refractivity contribution < 1.29 is 26.7 Å². The average molecular weight is 447 g/mol. The first-order valence-corrected chi connectivity index (χ1v) is 10.5. The number of alkyl halides is 2. The van der Waals surface area contributed by atoms with E-state index in [1.54, 1.807) is 26.0 Å². The molecule has 0 fully saturated rings. The zero-order chi connectivity index (χ0) is 21.8. The molecular weight excluding hydrogens is 426 g/mol. The lowest BCUT2D eigenvalue weighted by Crippen LogP contribution is -2.31. The molecule has 0 saturated carbocycles. The van der Waals surface area contributed by atoms with E-state index >= 15 is 0 Å². The quantitative estimate of drug-likeness (QED) is 0.667. The van der Waals surface area contributed by atoms with Gasteiger partial charge in [-0.1, -0.05) is 23.7 Å². The zero-order valence-electron chi connectivity index (χ0n) is 16.0. The Labute approximate surface area is 173 Å². The van der Waals surface area contributed by atoms with Crippen molar-refractivity contribution in [1.82, 2.24) is 9.62 Å². The monoisotopic (exact) mass is 446 g/mol. The van der Waals surface area contributed by atoms with E-state index in [0.717, 1.165) is 0 Å². The van der Waals surface area contributed by atoms with E-state index < -0.39 is 22.5 Å². The van der Waals surface area contributed by atoms with Crippen LogP contribution in [-0.2, 0) is 16.6 Å². The fraction of sp³-hybridized carbons (Fsp3) is 0.316. The molecule has 0 aliphatic heterocycles. The first-order chi connectivity index (χ1) is 13.5. The van der Waals surface area contributed by atoms with E-state index in [0.29, 0.717) is 5.56 Å². The Balaban J connectivity index is 2.19. The zero-order valence-corrected chi connectivity index (χ0v) is 17.6. The number of carbonyl (C=O) groups is 1. The van der Waals surface area contributed by atoms with Gasteiger partial charge in [0.05, 0.1) is 15.5 Å². The third-order valence-corrected chi connectivity index (χ3v) is 5.77. The molecule has 6 nitrogen and oxygen atoms in total. The average Bonchev–Trinajstić information content (AvgIpc) is 2.61. The summed E-state index contributed by atoms with van der Waals surface area (Å²) < 4.78 is 55.9. The predicted molar refractivity (Wildman–Crippen MR) is 106 cm³/mol. The molecule has 2 aromatic carbocycles. The van der Waals surface area contributed by atoms with Gasteiger partial charge >= 0.3 is 6.61 Å². The maximum atomic E-state index is 12.8. The molecule has 2 aromatic rings. The topological polar surface area (TPSA) is 75.7 Å². The number of halogens is 3. The molecule has 0 aromatic heterocycles. The van der Waals surface area contributed by atoms with Gasteiger partial charge in [-0.15, -0.1) is 0 Å². The second-order valence-corrected chi connectivity index (χ2v) is 8.72. The van der Waals surface area contributed by atoms with Gasteiger partial charge in [-0.2, -0.15) is 8.78 Å². The molecule has 0 aliphatic carbocycles. The molecule has 0 saturated heterocycles. The highest BCUT2D eigenvalue weighted by atomic mass is 35.5. The van der Waals surface area contributed by atoms with Gasteiger partial charge < -0.3 is 9.64 Å². The highest BCUT2D eigenvalue weighted by molar-refractivity contribution is 7.89. The van der Waals surface area contributed by atoms with Crippen LogP contribution in [0.5, 0.6) is 5.75 Å². The molecule has 0 bridgehead atoms. The first-order valence-electron chi connectivity index (χ1n) is 8.60. The van der Waals surface area contributed by atoms with Crippen LogP contribution in [0.15, 0.2) is 47.4 Å². The molecule has 0 unspecified atom stereocenters. The minimum Gasteiger partial charge on any atom is -0.435 e. The maximum absolute atomic E-state index is 12.8. The van der Waals surface area contributed by atoms with Crippen molar-refractivity contribution in [2.24, 2.45) is 0 Å². The highest BCUT2D eigenvalue weighted by Gasteiger charge is 2.21. The summed E-state index contributed by atoms with van der Waals surface area (Å²) in [5.41, 5.74) is 0.710. The van der Waals surface area contributed by atoms with Crippen LogP contribution in [0.4, 0.5) is 8.78 Å². The summed E-state index contributed by atoms with van der Waals surface area (Å²) in [5.74, 6) is -0.471. The summed E-state index contributed by atoms with van der Waals surface area (Å²) >= 11 is 6.11. The normalized spacial score (nSPS) is 11.7. The molecule has 158 valence electrons. The second-order valence-electron chi connectivity index (χ2n) is 6.60. The molecule has 1 amide bonds. The molecule has 2 rings (SSSR count). The number of hydrogen-bond acceptors (Lipinski definition) is 4. The summed E-state index contributed by atoms with van der Waals surface area (Å²) in [6.45, 7) is 0.613. The fourth-order valence-corrected chi connectivity index (χ4v) is 4.02. The van der Waals surface area contributed by atoms with Gasteiger partial charge in [0, 0.05) is 19.6 Å². The molecule has 0 atom stereocenters. The lowest BCUT2D eigenvalue weighted by Gasteiger charge is -2.19. The van der Waals surface area contributed by atoms with Crippen LogP contribution >= 0.6 is 11.6 Å². The Morgan fingerprint density at radius 2 is 1.79 bits per heavy atom. The Bertz CT molecular complexity index is 967. The van der Waals surface area contributed by atoms with E-state index in [4.69, 9.17) is 11.6 Å². The number of sulfonamides is 1. The van der Waals surface area contributed by atoms with E-state index in [1.165, 1.54) is 42.3 Å². The Kier molecular flexibility index (Phi) is 7.56. The smallest absolute Gasteiger partial charge is 0.387 e. The van der Waals surface area contributed by atoms with Crippen molar-refractivity contribution in [3.05, 3.63) is 58.6 Å². The number of rotatable bonds is 8. The number of nitrogens with zero attached hydrogens (tertiary/aromatic N) is 1. The number of ether oxygens (including phenoxy) is 1. The van der Waals surface area contributed by atoms with Gasteiger partial charge in [-0.3, -0.25) is 4.79 Å². The van der Waals surface area contributed by atoms with Crippen molar-refractivity contribution >= 4 is 27.5 Å². The van der Waals surface area contributed by atoms with Crippen molar-refractivity contribution in [2.75, 3.05) is 7.05 Å². The van der Waals surface area contributed by atoms with Gasteiger partial charge in [0.25, 0.3) is 5.91 Å². The third-order valence-electron chi connectivity index (χ3n) is 3.78. The van der Waals surface area contributed by atoms with E-state index in [1.807, 2.05) is 0 Å². The van der Waals surface area contributed by atoms with Crippen LogP contribution in [0.2, 0.25) is 5.02 Å².